The molecule has 0 fully saturated rings. The van der Waals surface area contributed by atoms with Gasteiger partial charge in [0.25, 0.3) is 0 Å². The zero-order valence-electron chi connectivity index (χ0n) is 11.4. The van der Waals surface area contributed by atoms with E-state index in [4.69, 9.17) is 0 Å². The van der Waals surface area contributed by atoms with Gasteiger partial charge in [-0.25, -0.2) is 0 Å². The van der Waals surface area contributed by atoms with Crippen molar-refractivity contribution in [1.82, 2.24) is 5.32 Å². The molecule has 1 amide bonds. The van der Waals surface area contributed by atoms with Gasteiger partial charge in [-0.2, -0.15) is 0 Å². The molecular weight excluding hydrogens is 226 g/mol. The first kappa shape index (κ1) is 13.1. The molecule has 18 heavy (non-hydrogen) atoms. The topological polar surface area (TPSA) is 46.2 Å². The predicted molar refractivity (Wildman–Crippen MR) is 71.0 cm³/mol. The highest BCUT2D eigenvalue weighted by atomic mass is 16.2. The van der Waals surface area contributed by atoms with Crippen molar-refractivity contribution in [2.45, 2.75) is 52.5 Å². The van der Waals surface area contributed by atoms with Crippen LogP contribution in [0, 0.1) is 5.92 Å². The van der Waals surface area contributed by atoms with Crippen LogP contribution in [0.4, 0.5) is 0 Å². The molecule has 2 atom stereocenters. The second-order valence-electron chi connectivity index (χ2n) is 5.55. The zero-order valence-corrected chi connectivity index (χ0v) is 11.4. The van der Waals surface area contributed by atoms with Gasteiger partial charge in [0, 0.05) is 17.9 Å². The molecule has 1 aliphatic heterocycles. The van der Waals surface area contributed by atoms with Crippen molar-refractivity contribution in [3.63, 3.8) is 0 Å². The predicted octanol–water partition coefficient (Wildman–Crippen LogP) is 2.53. The van der Waals surface area contributed by atoms with E-state index in [9.17, 15) is 9.59 Å². The highest BCUT2D eigenvalue weighted by molar-refractivity contribution is 5.99. The first-order valence-electron chi connectivity index (χ1n) is 6.68. The third-order valence-electron chi connectivity index (χ3n) is 4.08. The standard InChI is InChI=1S/C15H21NO2/c1-9-5-4-6-10(2)14(17)8-12-11(3)15(18)16-13(12)7-9/h5,10,13H,4,6-8H2,1-3H3,(H,16,18)/b9-5-/t10-,13+/m0/s1. The fourth-order valence-electron chi connectivity index (χ4n) is 2.70. The lowest BCUT2D eigenvalue weighted by Gasteiger charge is -2.19. The molecule has 3 nitrogen and oxygen atoms in total. The highest BCUT2D eigenvalue weighted by Gasteiger charge is 2.31. The summed E-state index contributed by atoms with van der Waals surface area (Å²) >= 11 is 0. The Labute approximate surface area is 108 Å². The van der Waals surface area contributed by atoms with Crippen LogP contribution in [0.2, 0.25) is 0 Å². The monoisotopic (exact) mass is 247 g/mol. The number of carbonyl (C=O) groups excluding carboxylic acids is 2. The van der Waals surface area contributed by atoms with Gasteiger partial charge in [0.1, 0.15) is 5.78 Å². The molecule has 0 spiro atoms. The minimum Gasteiger partial charge on any atom is -0.345 e. The number of carbonyl (C=O) groups is 2. The maximum Gasteiger partial charge on any atom is 0.247 e. The fraction of sp³-hybridized carbons (Fsp3) is 0.600. The summed E-state index contributed by atoms with van der Waals surface area (Å²) in [5.41, 5.74) is 3.05. The van der Waals surface area contributed by atoms with Crippen LogP contribution >= 0.6 is 0 Å². The lowest BCUT2D eigenvalue weighted by Crippen LogP contribution is -2.30. The SMILES string of the molecule is CC1=C2CC(=O)[C@@H](C)CC/C=C(/C)C[C@H]2NC1=O. The number of hydrogen-bond acceptors (Lipinski definition) is 2. The van der Waals surface area contributed by atoms with E-state index in [1.807, 2.05) is 13.8 Å². The third kappa shape index (κ3) is 2.55. The van der Waals surface area contributed by atoms with Crippen molar-refractivity contribution in [2.75, 3.05) is 0 Å². The smallest absolute Gasteiger partial charge is 0.247 e. The molecule has 0 saturated carbocycles. The zero-order chi connectivity index (χ0) is 13.3. The Hall–Kier alpha value is -1.38. The minimum atomic E-state index is -0.0116. The quantitative estimate of drug-likeness (QED) is 0.669. The number of hydrogen-bond donors (Lipinski definition) is 1. The molecule has 1 aliphatic carbocycles. The van der Waals surface area contributed by atoms with E-state index in [-0.39, 0.29) is 23.7 Å². The summed E-state index contributed by atoms with van der Waals surface area (Å²) in [4.78, 5) is 23.8. The van der Waals surface area contributed by atoms with Crippen molar-refractivity contribution in [3.05, 3.63) is 22.8 Å². The first-order chi connectivity index (χ1) is 8.49. The second-order valence-corrected chi connectivity index (χ2v) is 5.55. The lowest BCUT2D eigenvalue weighted by atomic mass is 9.88. The Bertz CT molecular complexity index is 445. The van der Waals surface area contributed by atoms with E-state index in [2.05, 4.69) is 18.3 Å². The maximum atomic E-state index is 12.1. The number of Topliss-reactive ketones (excluding diaryl/α,β-unsaturated/α-hetero) is 1. The van der Waals surface area contributed by atoms with Crippen LogP contribution < -0.4 is 5.32 Å². The minimum absolute atomic E-state index is 0.0116. The van der Waals surface area contributed by atoms with E-state index in [1.54, 1.807) is 0 Å². The van der Waals surface area contributed by atoms with Crippen LogP contribution in [0.5, 0.6) is 0 Å². The second kappa shape index (κ2) is 5.09. The van der Waals surface area contributed by atoms with Gasteiger partial charge in [0.15, 0.2) is 0 Å². The average molecular weight is 247 g/mol. The number of nitrogens with one attached hydrogen (secondary N) is 1. The maximum absolute atomic E-state index is 12.1. The molecule has 0 saturated heterocycles. The van der Waals surface area contributed by atoms with Gasteiger partial charge in [0.05, 0.1) is 6.04 Å². The van der Waals surface area contributed by atoms with Crippen molar-refractivity contribution in [1.29, 1.82) is 0 Å². The molecule has 0 unspecified atom stereocenters. The van der Waals surface area contributed by atoms with Gasteiger partial charge in [-0.15, -0.1) is 0 Å². The van der Waals surface area contributed by atoms with Crippen LogP contribution in [0.25, 0.3) is 0 Å². The van der Waals surface area contributed by atoms with Crippen molar-refractivity contribution < 1.29 is 9.59 Å². The van der Waals surface area contributed by atoms with Gasteiger partial charge in [-0.05, 0) is 38.7 Å². The molecule has 0 aromatic carbocycles. The van der Waals surface area contributed by atoms with Crippen LogP contribution in [-0.2, 0) is 9.59 Å². The summed E-state index contributed by atoms with van der Waals surface area (Å²) in [7, 11) is 0. The molecule has 98 valence electrons. The molecule has 0 bridgehead atoms. The van der Waals surface area contributed by atoms with Crippen LogP contribution in [0.15, 0.2) is 22.8 Å². The Morgan fingerprint density at radius 2 is 2.00 bits per heavy atom. The van der Waals surface area contributed by atoms with Crippen LogP contribution in [0.1, 0.15) is 46.5 Å². The first-order valence-corrected chi connectivity index (χ1v) is 6.68. The summed E-state index contributed by atoms with van der Waals surface area (Å²) in [5.74, 6) is 0.338. The molecule has 0 aromatic rings. The Morgan fingerprint density at radius 3 is 2.72 bits per heavy atom. The molecule has 2 aliphatic rings. The number of allylic oxidation sites excluding steroid dienone is 1. The molecule has 2 rings (SSSR count). The van der Waals surface area contributed by atoms with Gasteiger partial charge in [-0.1, -0.05) is 18.6 Å². The number of fused-ring (bicyclic) bond motifs is 1. The summed E-state index contributed by atoms with van der Waals surface area (Å²) in [6, 6.07) is 0.0306. The summed E-state index contributed by atoms with van der Waals surface area (Å²) in [6.45, 7) is 5.92. The molecule has 0 aromatic heterocycles. The fourth-order valence-corrected chi connectivity index (χ4v) is 2.70. The van der Waals surface area contributed by atoms with E-state index in [0.717, 1.165) is 30.4 Å². The Balaban J connectivity index is 2.31. The van der Waals surface area contributed by atoms with Gasteiger partial charge < -0.3 is 5.32 Å². The van der Waals surface area contributed by atoms with E-state index >= 15 is 0 Å². The van der Waals surface area contributed by atoms with Gasteiger partial charge >= 0.3 is 0 Å². The summed E-state index contributed by atoms with van der Waals surface area (Å²) < 4.78 is 0. The molecule has 3 heteroatoms. The molecule has 1 N–H and O–H groups in total. The molecular formula is C15H21NO2. The lowest BCUT2D eigenvalue weighted by molar-refractivity contribution is -0.122. The average Bonchev–Trinajstić information content (AvgIpc) is 2.56. The van der Waals surface area contributed by atoms with E-state index in [0.29, 0.717) is 6.42 Å². The van der Waals surface area contributed by atoms with Crippen molar-refractivity contribution in [3.8, 4) is 0 Å². The van der Waals surface area contributed by atoms with Crippen LogP contribution in [0.3, 0.4) is 0 Å². The number of ketones is 1. The Kier molecular flexibility index (Phi) is 3.69. The van der Waals surface area contributed by atoms with Crippen LogP contribution in [-0.4, -0.2) is 17.7 Å². The van der Waals surface area contributed by atoms with Gasteiger partial charge in [-0.3, -0.25) is 9.59 Å². The Morgan fingerprint density at radius 1 is 1.28 bits per heavy atom. The largest absolute Gasteiger partial charge is 0.345 e. The van der Waals surface area contributed by atoms with Crippen molar-refractivity contribution in [2.24, 2.45) is 5.92 Å². The normalized spacial score (nSPS) is 32.7. The highest BCUT2D eigenvalue weighted by Crippen LogP contribution is 2.28. The summed E-state index contributed by atoms with van der Waals surface area (Å²) in [6.07, 6.45) is 5.34. The molecule has 0 radical (unpaired) electrons. The van der Waals surface area contributed by atoms with Gasteiger partial charge in [0.2, 0.25) is 5.91 Å². The van der Waals surface area contributed by atoms with Crippen molar-refractivity contribution >= 4 is 11.7 Å². The number of rotatable bonds is 0. The number of amides is 1. The molecule has 1 heterocycles. The third-order valence-corrected chi connectivity index (χ3v) is 4.08. The van der Waals surface area contributed by atoms with E-state index in [1.165, 1.54) is 5.57 Å². The summed E-state index contributed by atoms with van der Waals surface area (Å²) in [5, 5.41) is 2.98. The van der Waals surface area contributed by atoms with E-state index < -0.39 is 0 Å².